The molecule has 0 radical (unpaired) electrons. The maximum atomic E-state index is 14.0. The molecule has 1 aliphatic heterocycles. The number of cyclic esters (lactones) is 1. The summed E-state index contributed by atoms with van der Waals surface area (Å²) in [6.07, 6.45) is 5.15. The summed E-state index contributed by atoms with van der Waals surface area (Å²) in [4.78, 5) is 53.2. The quantitative estimate of drug-likeness (QED) is 0.448. The molecule has 6 unspecified atom stereocenters. The van der Waals surface area contributed by atoms with Crippen molar-refractivity contribution in [2.45, 2.75) is 39.2 Å². The lowest BCUT2D eigenvalue weighted by Crippen LogP contribution is -2.61. The summed E-state index contributed by atoms with van der Waals surface area (Å²) in [5.41, 5.74) is -0.965. The second kappa shape index (κ2) is 8.48. The topological polar surface area (TPSA) is 109 Å². The summed E-state index contributed by atoms with van der Waals surface area (Å²) in [6.45, 7) is 3.79. The minimum Gasteiger partial charge on any atom is -0.472 e. The van der Waals surface area contributed by atoms with Crippen LogP contribution in [0.15, 0.2) is 52.4 Å². The van der Waals surface area contributed by atoms with Crippen LogP contribution in [0.5, 0.6) is 0 Å². The van der Waals surface area contributed by atoms with Crippen LogP contribution in [0.4, 0.5) is 0 Å². The fraction of sp³-hybridized carbons (Fsp3) is 0.462. The van der Waals surface area contributed by atoms with Crippen molar-refractivity contribution in [3.8, 4) is 0 Å². The molecular formula is C26H26O8S. The van der Waals surface area contributed by atoms with Gasteiger partial charge >= 0.3 is 17.9 Å². The van der Waals surface area contributed by atoms with Crippen molar-refractivity contribution in [3.63, 3.8) is 0 Å². The van der Waals surface area contributed by atoms with Crippen molar-refractivity contribution >= 4 is 35.0 Å². The Hall–Kier alpha value is -3.20. The SMILES string of the molecule is COC(=O)C1C=C(OC(=O)c2cccs2)C(=O)C2C1(C)CCC1C(=O)OC(c3ccoc3)CC12C. The zero-order chi connectivity index (χ0) is 25.0. The molecule has 2 aliphatic carbocycles. The van der Waals surface area contributed by atoms with Gasteiger partial charge in [-0.15, -0.1) is 11.3 Å². The molecule has 3 aliphatic rings. The molecule has 2 aromatic rings. The summed E-state index contributed by atoms with van der Waals surface area (Å²) < 4.78 is 21.6. The number of ether oxygens (including phenoxy) is 3. The third-order valence-electron chi connectivity index (χ3n) is 8.08. The van der Waals surface area contributed by atoms with E-state index in [1.165, 1.54) is 37.0 Å². The number of Topliss-reactive ketones (excluding diaryl/α,β-unsaturated/α-hetero) is 1. The molecule has 35 heavy (non-hydrogen) atoms. The fourth-order valence-electron chi connectivity index (χ4n) is 6.43. The predicted molar refractivity (Wildman–Crippen MR) is 123 cm³/mol. The molecule has 0 spiro atoms. The Kier molecular flexibility index (Phi) is 5.70. The number of rotatable bonds is 4. The first kappa shape index (κ1) is 23.5. The van der Waals surface area contributed by atoms with Gasteiger partial charge in [0.05, 0.1) is 31.5 Å². The van der Waals surface area contributed by atoms with Gasteiger partial charge in [-0.3, -0.25) is 14.4 Å². The molecule has 0 aromatic carbocycles. The van der Waals surface area contributed by atoms with Crippen LogP contribution in [-0.2, 0) is 28.6 Å². The number of hydrogen-bond acceptors (Lipinski definition) is 9. The van der Waals surface area contributed by atoms with Crippen LogP contribution < -0.4 is 0 Å². The van der Waals surface area contributed by atoms with Crippen molar-refractivity contribution in [2.75, 3.05) is 7.11 Å². The summed E-state index contributed by atoms with van der Waals surface area (Å²) in [6, 6.07) is 5.05. The minimum atomic E-state index is -0.845. The van der Waals surface area contributed by atoms with Crippen molar-refractivity contribution in [1.82, 2.24) is 0 Å². The molecule has 5 rings (SSSR count). The van der Waals surface area contributed by atoms with Gasteiger partial charge in [0.15, 0.2) is 5.76 Å². The molecule has 2 aromatic heterocycles. The van der Waals surface area contributed by atoms with E-state index in [0.717, 1.165) is 0 Å². The van der Waals surface area contributed by atoms with Gasteiger partial charge in [0.25, 0.3) is 0 Å². The summed E-state index contributed by atoms with van der Waals surface area (Å²) in [7, 11) is 1.29. The van der Waals surface area contributed by atoms with Gasteiger partial charge in [-0.05, 0) is 53.7 Å². The van der Waals surface area contributed by atoms with E-state index in [9.17, 15) is 19.2 Å². The second-order valence-corrected chi connectivity index (χ2v) is 10.9. The van der Waals surface area contributed by atoms with Crippen LogP contribution in [0.2, 0.25) is 0 Å². The van der Waals surface area contributed by atoms with E-state index >= 15 is 0 Å². The third kappa shape index (κ3) is 3.64. The molecule has 1 saturated carbocycles. The number of thiophene rings is 1. The molecule has 2 fully saturated rings. The van der Waals surface area contributed by atoms with E-state index in [1.54, 1.807) is 23.6 Å². The Morgan fingerprint density at radius 2 is 1.97 bits per heavy atom. The summed E-state index contributed by atoms with van der Waals surface area (Å²) in [5, 5.41) is 1.73. The highest BCUT2D eigenvalue weighted by molar-refractivity contribution is 7.12. The van der Waals surface area contributed by atoms with Crippen LogP contribution >= 0.6 is 11.3 Å². The number of fused-ring (bicyclic) bond motifs is 3. The normalized spacial score (nSPS) is 34.2. The molecule has 9 heteroatoms. The molecular weight excluding hydrogens is 472 g/mol. The largest absolute Gasteiger partial charge is 0.472 e. The lowest BCUT2D eigenvalue weighted by molar-refractivity contribution is -0.197. The van der Waals surface area contributed by atoms with E-state index in [0.29, 0.717) is 29.7 Å². The van der Waals surface area contributed by atoms with E-state index in [4.69, 9.17) is 18.6 Å². The van der Waals surface area contributed by atoms with Gasteiger partial charge in [0, 0.05) is 11.5 Å². The molecule has 0 amide bonds. The average Bonchev–Trinajstić information content (AvgIpc) is 3.54. The number of esters is 3. The first-order chi connectivity index (χ1) is 16.7. The number of furan rings is 1. The molecule has 8 nitrogen and oxygen atoms in total. The number of methoxy groups -OCH3 is 1. The second-order valence-electron chi connectivity index (χ2n) is 9.99. The standard InChI is InChI=1S/C26H26O8S/c1-25-8-6-15-23(29)34-18(14-7-9-32-13-14)12-26(15,2)21(25)20(27)17(11-16(25)22(28)31-3)33-24(30)19-5-4-10-35-19/h4-5,7,9-11,13,15-16,18,21H,6,8,12H2,1-3H3. The summed E-state index contributed by atoms with van der Waals surface area (Å²) >= 11 is 1.20. The zero-order valence-corrected chi connectivity index (χ0v) is 20.5. The first-order valence-electron chi connectivity index (χ1n) is 11.5. The average molecular weight is 499 g/mol. The van der Waals surface area contributed by atoms with Crippen LogP contribution in [0.25, 0.3) is 0 Å². The molecule has 184 valence electrons. The Morgan fingerprint density at radius 1 is 1.17 bits per heavy atom. The Morgan fingerprint density at radius 3 is 2.63 bits per heavy atom. The van der Waals surface area contributed by atoms with E-state index in [-0.39, 0.29) is 17.5 Å². The van der Waals surface area contributed by atoms with Crippen molar-refractivity contribution in [1.29, 1.82) is 0 Å². The fourth-order valence-corrected chi connectivity index (χ4v) is 7.03. The zero-order valence-electron chi connectivity index (χ0n) is 19.6. The van der Waals surface area contributed by atoms with Gasteiger partial charge in [-0.25, -0.2) is 4.79 Å². The Balaban J connectivity index is 1.58. The van der Waals surface area contributed by atoms with Crippen LogP contribution in [0.3, 0.4) is 0 Å². The van der Waals surface area contributed by atoms with E-state index in [2.05, 4.69) is 0 Å². The number of carbonyl (C=O) groups excluding carboxylic acids is 4. The van der Waals surface area contributed by atoms with Gasteiger partial charge in [0.2, 0.25) is 5.78 Å². The number of ketones is 1. The predicted octanol–water partition coefficient (Wildman–Crippen LogP) is 4.48. The maximum absolute atomic E-state index is 14.0. The molecule has 1 saturated heterocycles. The van der Waals surface area contributed by atoms with Crippen molar-refractivity contribution < 1.29 is 37.8 Å². The number of allylic oxidation sites excluding steroid dienone is 1. The molecule has 0 bridgehead atoms. The molecule has 6 atom stereocenters. The highest BCUT2D eigenvalue weighted by atomic mass is 32.1. The highest BCUT2D eigenvalue weighted by Crippen LogP contribution is 2.64. The monoisotopic (exact) mass is 498 g/mol. The maximum Gasteiger partial charge on any atom is 0.353 e. The van der Waals surface area contributed by atoms with Crippen LogP contribution in [0, 0.1) is 28.6 Å². The Bertz CT molecular complexity index is 1200. The van der Waals surface area contributed by atoms with E-state index < -0.39 is 46.6 Å². The smallest absolute Gasteiger partial charge is 0.353 e. The van der Waals surface area contributed by atoms with Gasteiger partial charge in [0.1, 0.15) is 11.0 Å². The number of carbonyl (C=O) groups is 4. The van der Waals surface area contributed by atoms with Gasteiger partial charge in [-0.2, -0.15) is 0 Å². The van der Waals surface area contributed by atoms with Crippen molar-refractivity contribution in [3.05, 3.63) is 58.4 Å². The molecule has 3 heterocycles. The lowest BCUT2D eigenvalue weighted by Gasteiger charge is -2.59. The lowest BCUT2D eigenvalue weighted by atomic mass is 9.44. The van der Waals surface area contributed by atoms with Crippen molar-refractivity contribution in [2.24, 2.45) is 28.6 Å². The highest BCUT2D eigenvalue weighted by Gasteiger charge is 2.66. The number of hydrogen-bond donors (Lipinski definition) is 0. The summed E-state index contributed by atoms with van der Waals surface area (Å²) in [5.74, 6) is -4.22. The van der Waals surface area contributed by atoms with Gasteiger partial charge in [-0.1, -0.05) is 19.9 Å². The molecule has 0 N–H and O–H groups in total. The van der Waals surface area contributed by atoms with Crippen LogP contribution in [0.1, 0.15) is 54.4 Å². The Labute approximate surface area is 206 Å². The first-order valence-corrected chi connectivity index (χ1v) is 12.4. The third-order valence-corrected chi connectivity index (χ3v) is 8.93. The van der Waals surface area contributed by atoms with Crippen LogP contribution in [-0.4, -0.2) is 30.8 Å². The minimum absolute atomic E-state index is 0.179. The van der Waals surface area contributed by atoms with E-state index in [1.807, 2.05) is 13.8 Å². The van der Waals surface area contributed by atoms with Gasteiger partial charge < -0.3 is 18.6 Å².